The van der Waals surface area contributed by atoms with Gasteiger partial charge in [0.05, 0.1) is 5.69 Å². The van der Waals surface area contributed by atoms with E-state index in [-0.39, 0.29) is 17.6 Å². The van der Waals surface area contributed by atoms with Crippen LogP contribution in [0.15, 0.2) is 54.6 Å². The number of anilines is 1. The molecular formula is C22H22FN3O2S2. The second-order valence-corrected chi connectivity index (χ2v) is 8.78. The first-order valence-electron chi connectivity index (χ1n) is 9.37. The Morgan fingerprint density at radius 3 is 2.50 bits per heavy atom. The SMILES string of the molecule is CSCCC(NC(=O)c1ccccc1)C(=O)Nc1nc(-c2ccc(F)cc2)c(C)s1. The van der Waals surface area contributed by atoms with Gasteiger partial charge in [0, 0.05) is 16.0 Å². The molecule has 0 aliphatic heterocycles. The predicted molar refractivity (Wildman–Crippen MR) is 122 cm³/mol. The van der Waals surface area contributed by atoms with Crippen molar-refractivity contribution in [2.24, 2.45) is 0 Å². The quantitative estimate of drug-likeness (QED) is 0.527. The molecule has 0 aliphatic carbocycles. The Morgan fingerprint density at radius 2 is 1.83 bits per heavy atom. The fourth-order valence-electron chi connectivity index (χ4n) is 2.85. The minimum Gasteiger partial charge on any atom is -0.340 e. The first kappa shape index (κ1) is 22.0. The standard InChI is InChI=1S/C22H22FN3O2S2/c1-14-19(15-8-10-17(23)11-9-15)25-22(30-14)26-21(28)18(12-13-29-2)24-20(27)16-6-4-3-5-7-16/h3-11,18H,12-13H2,1-2H3,(H,24,27)(H,25,26,28). The van der Waals surface area contributed by atoms with Gasteiger partial charge >= 0.3 is 0 Å². The van der Waals surface area contributed by atoms with Gasteiger partial charge in [-0.05, 0) is 61.8 Å². The summed E-state index contributed by atoms with van der Waals surface area (Å²) in [5.74, 6) is -0.192. The second kappa shape index (κ2) is 10.4. The van der Waals surface area contributed by atoms with Gasteiger partial charge in [-0.3, -0.25) is 9.59 Å². The van der Waals surface area contributed by atoms with Crippen LogP contribution >= 0.6 is 23.1 Å². The Bertz CT molecular complexity index is 1010. The first-order valence-corrected chi connectivity index (χ1v) is 11.6. The van der Waals surface area contributed by atoms with Crippen LogP contribution in [-0.4, -0.2) is 34.8 Å². The Labute approximate surface area is 183 Å². The van der Waals surface area contributed by atoms with Gasteiger partial charge in [-0.1, -0.05) is 18.2 Å². The number of carbonyl (C=O) groups excluding carboxylic acids is 2. The number of hydrogen-bond donors (Lipinski definition) is 2. The van der Waals surface area contributed by atoms with Crippen molar-refractivity contribution < 1.29 is 14.0 Å². The third kappa shape index (κ3) is 5.67. The Morgan fingerprint density at radius 1 is 1.13 bits per heavy atom. The number of rotatable bonds is 8. The number of nitrogens with zero attached hydrogens (tertiary/aromatic N) is 1. The highest BCUT2D eigenvalue weighted by Gasteiger charge is 2.23. The molecule has 0 saturated carbocycles. The molecule has 2 amide bonds. The molecule has 1 aromatic heterocycles. The summed E-state index contributed by atoms with van der Waals surface area (Å²) < 4.78 is 13.2. The third-order valence-corrected chi connectivity index (χ3v) is 5.94. The lowest BCUT2D eigenvalue weighted by molar-refractivity contribution is -0.118. The molecule has 2 aromatic carbocycles. The molecule has 0 saturated heterocycles. The van der Waals surface area contributed by atoms with Crippen molar-refractivity contribution in [3.63, 3.8) is 0 Å². The van der Waals surface area contributed by atoms with Gasteiger partial charge in [-0.2, -0.15) is 11.8 Å². The molecule has 1 unspecified atom stereocenters. The summed E-state index contributed by atoms with van der Waals surface area (Å²) in [5.41, 5.74) is 1.98. The number of aromatic nitrogens is 1. The topological polar surface area (TPSA) is 71.1 Å². The van der Waals surface area contributed by atoms with E-state index in [1.165, 1.54) is 23.5 Å². The number of aryl methyl sites for hydroxylation is 1. The number of carbonyl (C=O) groups is 2. The normalized spacial score (nSPS) is 11.7. The van der Waals surface area contributed by atoms with Crippen molar-refractivity contribution in [1.29, 1.82) is 0 Å². The summed E-state index contributed by atoms with van der Waals surface area (Å²) in [6.07, 6.45) is 2.45. The van der Waals surface area contributed by atoms with Crippen molar-refractivity contribution in [3.05, 3.63) is 70.9 Å². The molecule has 5 nitrogen and oxygen atoms in total. The van der Waals surface area contributed by atoms with Crippen LogP contribution in [0.4, 0.5) is 9.52 Å². The van der Waals surface area contributed by atoms with E-state index in [1.54, 1.807) is 48.2 Å². The van der Waals surface area contributed by atoms with Gasteiger partial charge in [0.2, 0.25) is 5.91 Å². The fourth-order valence-corrected chi connectivity index (χ4v) is 4.16. The fraction of sp³-hybridized carbons (Fsp3) is 0.227. The van der Waals surface area contributed by atoms with Gasteiger partial charge in [0.25, 0.3) is 5.91 Å². The third-order valence-electron chi connectivity index (χ3n) is 4.41. The lowest BCUT2D eigenvalue weighted by Crippen LogP contribution is -2.44. The summed E-state index contributed by atoms with van der Waals surface area (Å²) in [6.45, 7) is 1.90. The maximum absolute atomic E-state index is 13.2. The zero-order valence-electron chi connectivity index (χ0n) is 16.6. The molecule has 0 bridgehead atoms. The van der Waals surface area contributed by atoms with Gasteiger partial charge < -0.3 is 10.6 Å². The highest BCUT2D eigenvalue weighted by atomic mass is 32.2. The lowest BCUT2D eigenvalue weighted by atomic mass is 10.1. The molecule has 3 aromatic rings. The maximum Gasteiger partial charge on any atom is 0.251 e. The van der Waals surface area contributed by atoms with Gasteiger partial charge in [-0.15, -0.1) is 11.3 Å². The number of amides is 2. The molecular weight excluding hydrogens is 421 g/mol. The number of benzene rings is 2. The average molecular weight is 444 g/mol. The smallest absolute Gasteiger partial charge is 0.251 e. The van der Waals surface area contributed by atoms with Crippen LogP contribution in [0.2, 0.25) is 0 Å². The van der Waals surface area contributed by atoms with Gasteiger partial charge in [-0.25, -0.2) is 9.37 Å². The molecule has 0 spiro atoms. The van der Waals surface area contributed by atoms with Gasteiger partial charge in [0.15, 0.2) is 5.13 Å². The zero-order valence-corrected chi connectivity index (χ0v) is 18.3. The molecule has 1 atom stereocenters. The van der Waals surface area contributed by atoms with Crippen LogP contribution < -0.4 is 10.6 Å². The number of halogens is 1. The van der Waals surface area contributed by atoms with E-state index in [9.17, 15) is 14.0 Å². The minimum atomic E-state index is -0.677. The van der Waals surface area contributed by atoms with Crippen LogP contribution in [0.25, 0.3) is 11.3 Å². The summed E-state index contributed by atoms with van der Waals surface area (Å²) >= 11 is 2.95. The monoisotopic (exact) mass is 443 g/mol. The van der Waals surface area contributed by atoms with Gasteiger partial charge in [0.1, 0.15) is 11.9 Å². The van der Waals surface area contributed by atoms with E-state index < -0.39 is 6.04 Å². The van der Waals surface area contributed by atoms with Crippen LogP contribution in [0.1, 0.15) is 21.7 Å². The molecule has 0 radical (unpaired) electrons. The van der Waals surface area contributed by atoms with Crippen LogP contribution in [0.3, 0.4) is 0 Å². The predicted octanol–water partition coefficient (Wildman–Crippen LogP) is 4.75. The average Bonchev–Trinajstić information content (AvgIpc) is 3.11. The van der Waals surface area contributed by atoms with Crippen molar-refractivity contribution in [3.8, 4) is 11.3 Å². The van der Waals surface area contributed by atoms with Crippen molar-refractivity contribution in [2.75, 3.05) is 17.3 Å². The minimum absolute atomic E-state index is 0.292. The van der Waals surface area contributed by atoms with Crippen molar-refractivity contribution in [1.82, 2.24) is 10.3 Å². The highest BCUT2D eigenvalue weighted by molar-refractivity contribution is 7.98. The largest absolute Gasteiger partial charge is 0.340 e. The Balaban J connectivity index is 1.73. The number of nitrogens with one attached hydrogen (secondary N) is 2. The zero-order chi connectivity index (χ0) is 21.5. The molecule has 30 heavy (non-hydrogen) atoms. The molecule has 156 valence electrons. The molecule has 1 heterocycles. The van der Waals surface area contributed by atoms with E-state index in [2.05, 4.69) is 15.6 Å². The summed E-state index contributed by atoms with van der Waals surface area (Å²) in [4.78, 5) is 30.8. The van der Waals surface area contributed by atoms with E-state index in [0.29, 0.717) is 22.8 Å². The van der Waals surface area contributed by atoms with E-state index >= 15 is 0 Å². The molecule has 3 rings (SSSR count). The van der Waals surface area contributed by atoms with Crippen molar-refractivity contribution >= 4 is 40.0 Å². The Kier molecular flexibility index (Phi) is 7.59. The van der Waals surface area contributed by atoms with E-state index in [4.69, 9.17) is 0 Å². The summed E-state index contributed by atoms with van der Waals surface area (Å²) in [6, 6.07) is 14.2. The van der Waals surface area contributed by atoms with Crippen LogP contribution in [0, 0.1) is 12.7 Å². The lowest BCUT2D eigenvalue weighted by Gasteiger charge is -2.17. The molecule has 0 fully saturated rings. The molecule has 2 N–H and O–H groups in total. The molecule has 0 aliphatic rings. The van der Waals surface area contributed by atoms with Crippen LogP contribution in [0.5, 0.6) is 0 Å². The Hall–Kier alpha value is -2.71. The highest BCUT2D eigenvalue weighted by Crippen LogP contribution is 2.30. The summed E-state index contributed by atoms with van der Waals surface area (Å²) in [5, 5.41) is 6.08. The second-order valence-electron chi connectivity index (χ2n) is 6.59. The van der Waals surface area contributed by atoms with Crippen LogP contribution in [-0.2, 0) is 4.79 Å². The number of thiazole rings is 1. The van der Waals surface area contributed by atoms with E-state index in [1.807, 2.05) is 19.2 Å². The van der Waals surface area contributed by atoms with E-state index in [0.717, 1.165) is 16.2 Å². The van der Waals surface area contributed by atoms with Crippen molar-refractivity contribution in [2.45, 2.75) is 19.4 Å². The maximum atomic E-state index is 13.2. The molecule has 8 heteroatoms. The number of thioether (sulfide) groups is 1. The number of hydrogen-bond acceptors (Lipinski definition) is 5. The summed E-state index contributed by atoms with van der Waals surface area (Å²) in [7, 11) is 0. The first-order chi connectivity index (χ1) is 14.5.